The maximum atomic E-state index is 12.2. The summed E-state index contributed by atoms with van der Waals surface area (Å²) in [6.07, 6.45) is 0.577. The van der Waals surface area contributed by atoms with Crippen molar-refractivity contribution in [2.45, 2.75) is 31.2 Å². The highest BCUT2D eigenvalue weighted by Crippen LogP contribution is 2.35. The van der Waals surface area contributed by atoms with Crippen LogP contribution >= 0.6 is 0 Å². The van der Waals surface area contributed by atoms with Crippen molar-refractivity contribution in [1.29, 1.82) is 0 Å². The van der Waals surface area contributed by atoms with E-state index in [-0.39, 0.29) is 11.8 Å². The minimum absolute atomic E-state index is 0.00586. The number of benzene rings is 1. The molecule has 5 nitrogen and oxygen atoms in total. The fourth-order valence-electron chi connectivity index (χ4n) is 2.90. The summed E-state index contributed by atoms with van der Waals surface area (Å²) < 4.78 is 26.2. The van der Waals surface area contributed by atoms with Gasteiger partial charge in [0.1, 0.15) is 0 Å². The van der Waals surface area contributed by atoms with Gasteiger partial charge in [-0.25, -0.2) is 8.42 Å². The van der Waals surface area contributed by atoms with Crippen molar-refractivity contribution >= 4 is 15.5 Å². The van der Waals surface area contributed by atoms with E-state index in [4.69, 9.17) is 0 Å². The molecule has 2 heterocycles. The van der Waals surface area contributed by atoms with Crippen LogP contribution in [0.4, 0.5) is 5.69 Å². The lowest BCUT2D eigenvalue weighted by Crippen LogP contribution is -2.24. The van der Waals surface area contributed by atoms with E-state index < -0.39 is 9.84 Å². The largest absolute Gasteiger partial charge is 0.375 e. The lowest BCUT2D eigenvalue weighted by molar-refractivity contribution is 0.576. The first kappa shape index (κ1) is 14.1. The van der Waals surface area contributed by atoms with Gasteiger partial charge in [0.2, 0.25) is 0 Å². The summed E-state index contributed by atoms with van der Waals surface area (Å²) in [4.78, 5) is 0.452. The van der Waals surface area contributed by atoms with Crippen molar-refractivity contribution in [1.82, 2.24) is 9.78 Å². The van der Waals surface area contributed by atoms with Gasteiger partial charge < -0.3 is 5.32 Å². The van der Waals surface area contributed by atoms with Crippen LogP contribution in [0.5, 0.6) is 0 Å². The molecule has 0 amide bonds. The molecule has 0 bridgehead atoms. The Hall–Kier alpha value is -1.82. The third-order valence-electron chi connectivity index (χ3n) is 4.13. The number of aryl methyl sites for hydroxylation is 2. The van der Waals surface area contributed by atoms with Gasteiger partial charge >= 0.3 is 0 Å². The first-order chi connectivity index (χ1) is 9.90. The van der Waals surface area contributed by atoms with Gasteiger partial charge in [0.05, 0.1) is 33.8 Å². The van der Waals surface area contributed by atoms with E-state index in [0.717, 1.165) is 22.6 Å². The lowest BCUT2D eigenvalue weighted by atomic mass is 10.0. The number of fused-ring (bicyclic) bond motifs is 1. The van der Waals surface area contributed by atoms with E-state index in [1.165, 1.54) is 0 Å². The van der Waals surface area contributed by atoms with Crippen molar-refractivity contribution in [2.75, 3.05) is 11.1 Å². The zero-order valence-corrected chi connectivity index (χ0v) is 13.2. The third kappa shape index (κ3) is 2.33. The number of rotatable bonds is 2. The van der Waals surface area contributed by atoms with Crippen LogP contribution in [0.3, 0.4) is 0 Å². The van der Waals surface area contributed by atoms with Gasteiger partial charge in [-0.3, -0.25) is 4.68 Å². The maximum absolute atomic E-state index is 12.2. The maximum Gasteiger partial charge on any atom is 0.178 e. The van der Waals surface area contributed by atoms with Gasteiger partial charge in [-0.1, -0.05) is 18.2 Å². The predicted molar refractivity (Wildman–Crippen MR) is 82.2 cm³/mol. The quantitative estimate of drug-likeness (QED) is 0.925. The molecule has 2 aromatic rings. The number of hydrogen-bond donors (Lipinski definition) is 1. The van der Waals surface area contributed by atoms with E-state index in [1.807, 2.05) is 37.7 Å². The number of sulfone groups is 1. The predicted octanol–water partition coefficient (Wildman–Crippen LogP) is 2.37. The van der Waals surface area contributed by atoms with Crippen LogP contribution in [0.2, 0.25) is 0 Å². The Morgan fingerprint density at radius 3 is 2.67 bits per heavy atom. The second-order valence-corrected chi connectivity index (χ2v) is 7.59. The van der Waals surface area contributed by atoms with Gasteiger partial charge in [-0.05, 0) is 31.9 Å². The second kappa shape index (κ2) is 4.87. The van der Waals surface area contributed by atoms with Crippen molar-refractivity contribution in [3.63, 3.8) is 0 Å². The number of aromatic nitrogens is 2. The summed E-state index contributed by atoms with van der Waals surface area (Å²) in [6.45, 7) is 3.97. The molecule has 0 radical (unpaired) electrons. The van der Waals surface area contributed by atoms with Crippen LogP contribution in [0.1, 0.15) is 29.4 Å². The molecule has 0 spiro atoms. The molecule has 6 heteroatoms. The highest BCUT2D eigenvalue weighted by Gasteiger charge is 2.30. The summed E-state index contributed by atoms with van der Waals surface area (Å²) >= 11 is 0. The number of nitrogens with one attached hydrogen (secondary N) is 1. The molecule has 1 unspecified atom stereocenters. The average Bonchev–Trinajstić information content (AvgIpc) is 2.68. The molecule has 1 aromatic heterocycles. The third-order valence-corrected chi connectivity index (χ3v) is 5.95. The molecule has 1 aliphatic heterocycles. The highest BCUT2D eigenvalue weighted by molar-refractivity contribution is 7.91. The first-order valence-corrected chi connectivity index (χ1v) is 8.64. The lowest BCUT2D eigenvalue weighted by Gasteiger charge is -2.27. The van der Waals surface area contributed by atoms with Gasteiger partial charge in [0, 0.05) is 7.05 Å². The Bertz CT molecular complexity index is 793. The Morgan fingerprint density at radius 1 is 1.29 bits per heavy atom. The van der Waals surface area contributed by atoms with Crippen LogP contribution < -0.4 is 5.32 Å². The molecule has 1 aromatic carbocycles. The van der Waals surface area contributed by atoms with Crippen molar-refractivity contribution in [3.05, 3.63) is 41.2 Å². The Balaban J connectivity index is 2.02. The van der Waals surface area contributed by atoms with Crippen molar-refractivity contribution < 1.29 is 8.42 Å². The van der Waals surface area contributed by atoms with E-state index in [1.54, 1.807) is 12.1 Å². The average molecular weight is 305 g/mol. The van der Waals surface area contributed by atoms with Crippen molar-refractivity contribution in [2.24, 2.45) is 7.05 Å². The standard InChI is InChI=1S/C15H19N3O2S/c1-10-15(11(2)18(3)17-10)16-13-8-9-21(19,20)14-7-5-4-6-12(13)14/h4-7,13,16H,8-9H2,1-3H3. The molecule has 3 rings (SSSR count). The second-order valence-electron chi connectivity index (χ2n) is 5.51. The minimum Gasteiger partial charge on any atom is -0.375 e. The Kier molecular flexibility index (Phi) is 3.28. The van der Waals surface area contributed by atoms with E-state index >= 15 is 0 Å². The fourth-order valence-corrected chi connectivity index (χ4v) is 4.52. The van der Waals surface area contributed by atoms with E-state index in [9.17, 15) is 8.42 Å². The van der Waals surface area contributed by atoms with Crippen LogP contribution in [-0.4, -0.2) is 24.0 Å². The highest BCUT2D eigenvalue weighted by atomic mass is 32.2. The summed E-state index contributed by atoms with van der Waals surface area (Å²) in [5.74, 6) is 0.181. The number of hydrogen-bond acceptors (Lipinski definition) is 4. The van der Waals surface area contributed by atoms with Gasteiger partial charge in [0.15, 0.2) is 9.84 Å². The molecule has 1 N–H and O–H groups in total. The number of nitrogens with zero attached hydrogens (tertiary/aromatic N) is 2. The Labute approximate surface area is 124 Å². The molecule has 0 aliphatic carbocycles. The minimum atomic E-state index is -3.14. The fraction of sp³-hybridized carbons (Fsp3) is 0.400. The summed E-state index contributed by atoms with van der Waals surface area (Å²) in [5, 5.41) is 7.88. The number of anilines is 1. The van der Waals surface area contributed by atoms with Gasteiger partial charge in [-0.15, -0.1) is 0 Å². The van der Waals surface area contributed by atoms with Crippen molar-refractivity contribution in [3.8, 4) is 0 Å². The normalized spacial score (nSPS) is 20.0. The zero-order chi connectivity index (χ0) is 15.2. The van der Waals surface area contributed by atoms with Crippen LogP contribution in [0, 0.1) is 13.8 Å². The molecular formula is C15H19N3O2S. The molecule has 0 fully saturated rings. The van der Waals surface area contributed by atoms with Gasteiger partial charge in [-0.2, -0.15) is 5.10 Å². The Morgan fingerprint density at radius 2 is 2.00 bits per heavy atom. The first-order valence-electron chi connectivity index (χ1n) is 6.98. The molecule has 21 heavy (non-hydrogen) atoms. The summed E-state index contributed by atoms with van der Waals surface area (Å²) in [7, 11) is -1.23. The summed E-state index contributed by atoms with van der Waals surface area (Å²) in [6, 6.07) is 7.26. The topological polar surface area (TPSA) is 64.0 Å². The van der Waals surface area contributed by atoms with Gasteiger partial charge in [0.25, 0.3) is 0 Å². The van der Waals surface area contributed by atoms with E-state index in [0.29, 0.717) is 11.3 Å². The monoisotopic (exact) mass is 305 g/mol. The smallest absolute Gasteiger partial charge is 0.178 e. The molecule has 0 saturated heterocycles. The van der Waals surface area contributed by atoms with Crippen LogP contribution in [-0.2, 0) is 16.9 Å². The van der Waals surface area contributed by atoms with E-state index in [2.05, 4.69) is 10.4 Å². The molecule has 0 saturated carbocycles. The van der Waals surface area contributed by atoms with Crippen LogP contribution in [0.15, 0.2) is 29.2 Å². The molecule has 112 valence electrons. The molecule has 1 aliphatic rings. The zero-order valence-electron chi connectivity index (χ0n) is 12.4. The van der Waals surface area contributed by atoms with Crippen LogP contribution in [0.25, 0.3) is 0 Å². The molecular weight excluding hydrogens is 286 g/mol. The SMILES string of the molecule is Cc1nn(C)c(C)c1NC1CCS(=O)(=O)c2ccccc21. The summed E-state index contributed by atoms with van der Waals surface area (Å²) in [5.41, 5.74) is 3.84. The molecule has 1 atom stereocenters.